The number of anilines is 1. The van der Waals surface area contributed by atoms with E-state index in [-0.39, 0.29) is 5.92 Å². The summed E-state index contributed by atoms with van der Waals surface area (Å²) in [7, 11) is 0. The molecule has 2 rings (SSSR count). The molecular weight excluding hydrogens is 274 g/mol. The third-order valence-electron chi connectivity index (χ3n) is 2.49. The second-order valence-electron chi connectivity index (χ2n) is 4.72. The number of nitrogens with one attached hydrogen (secondary N) is 1. The SMILES string of the molecule is CCCNc1cc(Sc2nnc(C)o2)nc(C(C)C)n1. The van der Waals surface area contributed by atoms with Crippen molar-refractivity contribution in [2.45, 2.75) is 50.3 Å². The summed E-state index contributed by atoms with van der Waals surface area (Å²) in [5.41, 5.74) is 0. The maximum atomic E-state index is 5.37. The van der Waals surface area contributed by atoms with Crippen LogP contribution in [0.1, 0.15) is 44.8 Å². The van der Waals surface area contributed by atoms with Crippen molar-refractivity contribution in [3.8, 4) is 0 Å². The number of nitrogens with zero attached hydrogens (tertiary/aromatic N) is 4. The number of hydrogen-bond donors (Lipinski definition) is 1. The molecule has 6 nitrogen and oxygen atoms in total. The topological polar surface area (TPSA) is 76.7 Å². The van der Waals surface area contributed by atoms with Gasteiger partial charge in [-0.05, 0) is 18.2 Å². The number of rotatable bonds is 6. The van der Waals surface area contributed by atoms with Gasteiger partial charge in [0.05, 0.1) is 0 Å². The Balaban J connectivity index is 2.23. The van der Waals surface area contributed by atoms with Gasteiger partial charge in [-0.1, -0.05) is 20.8 Å². The third-order valence-corrected chi connectivity index (χ3v) is 3.25. The predicted molar refractivity (Wildman–Crippen MR) is 78.1 cm³/mol. The fourth-order valence-corrected chi connectivity index (χ4v) is 2.24. The van der Waals surface area contributed by atoms with Crippen LogP contribution in [0.4, 0.5) is 5.82 Å². The van der Waals surface area contributed by atoms with Gasteiger partial charge in [0.15, 0.2) is 0 Å². The van der Waals surface area contributed by atoms with E-state index in [9.17, 15) is 0 Å². The van der Waals surface area contributed by atoms with Crippen LogP contribution in [0.5, 0.6) is 0 Å². The molecule has 0 radical (unpaired) electrons. The molecule has 0 aromatic carbocycles. The average molecular weight is 293 g/mol. The summed E-state index contributed by atoms with van der Waals surface area (Å²) in [5.74, 6) is 2.46. The summed E-state index contributed by atoms with van der Waals surface area (Å²) in [6.45, 7) is 8.92. The van der Waals surface area contributed by atoms with Gasteiger partial charge >= 0.3 is 0 Å². The molecule has 2 aromatic rings. The minimum absolute atomic E-state index is 0.266. The van der Waals surface area contributed by atoms with Gasteiger partial charge in [-0.3, -0.25) is 0 Å². The number of aryl methyl sites for hydroxylation is 1. The van der Waals surface area contributed by atoms with Crippen molar-refractivity contribution in [2.24, 2.45) is 0 Å². The number of hydrogen-bond acceptors (Lipinski definition) is 7. The van der Waals surface area contributed by atoms with E-state index in [0.717, 1.165) is 29.6 Å². The van der Waals surface area contributed by atoms with Crippen molar-refractivity contribution >= 4 is 17.6 Å². The molecule has 0 saturated heterocycles. The van der Waals surface area contributed by atoms with E-state index in [1.54, 1.807) is 6.92 Å². The molecule has 0 saturated carbocycles. The molecule has 0 unspecified atom stereocenters. The first-order valence-corrected chi connectivity index (χ1v) is 7.51. The Morgan fingerprint density at radius 3 is 2.70 bits per heavy atom. The molecule has 0 aliphatic heterocycles. The van der Waals surface area contributed by atoms with Crippen molar-refractivity contribution < 1.29 is 4.42 Å². The van der Waals surface area contributed by atoms with Crippen LogP contribution in [0.2, 0.25) is 0 Å². The van der Waals surface area contributed by atoms with Gasteiger partial charge in [0.25, 0.3) is 5.22 Å². The second-order valence-corrected chi connectivity index (χ2v) is 5.69. The van der Waals surface area contributed by atoms with Crippen molar-refractivity contribution in [1.82, 2.24) is 20.2 Å². The highest BCUT2D eigenvalue weighted by Crippen LogP contribution is 2.27. The second kappa shape index (κ2) is 6.69. The van der Waals surface area contributed by atoms with Gasteiger partial charge in [0.2, 0.25) is 5.89 Å². The Kier molecular flexibility index (Phi) is 4.94. The van der Waals surface area contributed by atoms with Crippen LogP contribution in [0, 0.1) is 6.92 Å². The summed E-state index contributed by atoms with van der Waals surface area (Å²) >= 11 is 1.36. The molecule has 0 bridgehead atoms. The zero-order valence-electron chi connectivity index (χ0n) is 12.2. The van der Waals surface area contributed by atoms with Crippen molar-refractivity contribution in [3.05, 3.63) is 17.8 Å². The first-order chi connectivity index (χ1) is 9.58. The highest BCUT2D eigenvalue weighted by molar-refractivity contribution is 7.99. The monoisotopic (exact) mass is 293 g/mol. The van der Waals surface area contributed by atoms with Crippen LogP contribution in [0.15, 0.2) is 20.7 Å². The lowest BCUT2D eigenvalue weighted by Gasteiger charge is -2.10. The van der Waals surface area contributed by atoms with Crippen LogP contribution < -0.4 is 5.32 Å². The zero-order valence-corrected chi connectivity index (χ0v) is 13.0. The third kappa shape index (κ3) is 3.93. The van der Waals surface area contributed by atoms with Crippen molar-refractivity contribution in [3.63, 3.8) is 0 Å². The quantitative estimate of drug-likeness (QED) is 0.819. The Morgan fingerprint density at radius 2 is 2.10 bits per heavy atom. The molecule has 2 heterocycles. The lowest BCUT2D eigenvalue weighted by Crippen LogP contribution is -2.06. The minimum atomic E-state index is 0.266. The molecular formula is C13H19N5OS. The predicted octanol–water partition coefficient (Wildman–Crippen LogP) is 3.26. The standard InChI is InChI=1S/C13H19N5OS/c1-5-6-14-10-7-11(16-12(15-10)8(2)3)20-13-18-17-9(4)19-13/h7-8H,5-6H2,1-4H3,(H,14,15,16). The average Bonchev–Trinajstić information content (AvgIpc) is 2.81. The smallest absolute Gasteiger partial charge is 0.282 e. The molecule has 1 N–H and O–H groups in total. The van der Waals surface area contributed by atoms with E-state index < -0.39 is 0 Å². The van der Waals surface area contributed by atoms with E-state index in [1.165, 1.54) is 11.8 Å². The minimum Gasteiger partial charge on any atom is -0.416 e. The molecule has 0 aliphatic carbocycles. The molecule has 0 amide bonds. The summed E-state index contributed by atoms with van der Waals surface area (Å²) < 4.78 is 5.37. The summed E-state index contributed by atoms with van der Waals surface area (Å²) in [5, 5.41) is 12.4. The first kappa shape index (κ1) is 14.8. The molecule has 20 heavy (non-hydrogen) atoms. The fraction of sp³-hybridized carbons (Fsp3) is 0.538. The Bertz CT molecular complexity index is 570. The van der Waals surface area contributed by atoms with Crippen LogP contribution in [0.3, 0.4) is 0 Å². The molecule has 0 spiro atoms. The maximum Gasteiger partial charge on any atom is 0.282 e. The van der Waals surface area contributed by atoms with Gasteiger partial charge in [-0.2, -0.15) is 0 Å². The highest BCUT2D eigenvalue weighted by atomic mass is 32.2. The van der Waals surface area contributed by atoms with Crippen molar-refractivity contribution in [1.29, 1.82) is 0 Å². The zero-order chi connectivity index (χ0) is 14.5. The summed E-state index contributed by atoms with van der Waals surface area (Å²) in [6, 6.07) is 1.91. The van der Waals surface area contributed by atoms with Gasteiger partial charge in [-0.25, -0.2) is 9.97 Å². The normalized spacial score (nSPS) is 11.1. The van der Waals surface area contributed by atoms with Gasteiger partial charge in [-0.15, -0.1) is 10.2 Å². The van der Waals surface area contributed by atoms with Crippen LogP contribution in [-0.4, -0.2) is 26.7 Å². The van der Waals surface area contributed by atoms with Gasteiger partial charge in [0.1, 0.15) is 16.7 Å². The first-order valence-electron chi connectivity index (χ1n) is 6.69. The van der Waals surface area contributed by atoms with Crippen LogP contribution in [-0.2, 0) is 0 Å². The van der Waals surface area contributed by atoms with Crippen LogP contribution in [0.25, 0.3) is 0 Å². The van der Waals surface area contributed by atoms with E-state index in [0.29, 0.717) is 11.1 Å². The maximum absolute atomic E-state index is 5.37. The molecule has 0 aliphatic rings. The van der Waals surface area contributed by atoms with E-state index in [4.69, 9.17) is 4.42 Å². The Morgan fingerprint density at radius 1 is 1.30 bits per heavy atom. The van der Waals surface area contributed by atoms with Gasteiger partial charge < -0.3 is 9.73 Å². The molecule has 108 valence electrons. The molecule has 0 fully saturated rings. The van der Waals surface area contributed by atoms with Gasteiger partial charge in [0, 0.05) is 25.5 Å². The lowest BCUT2D eigenvalue weighted by atomic mass is 10.2. The molecule has 7 heteroatoms. The van der Waals surface area contributed by atoms with Crippen LogP contribution >= 0.6 is 11.8 Å². The van der Waals surface area contributed by atoms with E-state index in [1.807, 2.05) is 6.07 Å². The fourth-order valence-electron chi connectivity index (χ4n) is 1.51. The Hall–Kier alpha value is -1.63. The largest absolute Gasteiger partial charge is 0.416 e. The van der Waals surface area contributed by atoms with E-state index in [2.05, 4.69) is 46.3 Å². The summed E-state index contributed by atoms with van der Waals surface area (Å²) in [6.07, 6.45) is 1.05. The Labute approximate surface area is 122 Å². The summed E-state index contributed by atoms with van der Waals surface area (Å²) in [4.78, 5) is 9.04. The molecule has 0 atom stereocenters. The lowest BCUT2D eigenvalue weighted by molar-refractivity contribution is 0.429. The highest BCUT2D eigenvalue weighted by Gasteiger charge is 2.12. The number of aromatic nitrogens is 4. The van der Waals surface area contributed by atoms with Crippen molar-refractivity contribution in [2.75, 3.05) is 11.9 Å². The molecule has 2 aromatic heterocycles. The van der Waals surface area contributed by atoms with E-state index >= 15 is 0 Å².